The smallest absolute Gasteiger partial charge is 0.125 e. The van der Waals surface area contributed by atoms with Crippen molar-refractivity contribution in [2.75, 3.05) is 18.1 Å². The Hall–Kier alpha value is -2.10. The molecule has 18 heavy (non-hydrogen) atoms. The molecule has 4 heteroatoms. The second-order valence-corrected chi connectivity index (χ2v) is 4.28. The maximum Gasteiger partial charge on any atom is 0.125 e. The van der Waals surface area contributed by atoms with Gasteiger partial charge in [0.2, 0.25) is 0 Å². The molecule has 3 N–H and O–H groups in total. The molecule has 0 radical (unpaired) electrons. The highest BCUT2D eigenvalue weighted by molar-refractivity contribution is 5.82. The summed E-state index contributed by atoms with van der Waals surface area (Å²) >= 11 is 0. The summed E-state index contributed by atoms with van der Waals surface area (Å²) in [6.07, 6.45) is 8.59. The van der Waals surface area contributed by atoms with Crippen LogP contribution < -0.4 is 11.1 Å². The quantitative estimate of drug-likeness (QED) is 0.783. The largest absolute Gasteiger partial charge is 0.384 e. The Bertz CT molecular complexity index is 515. The van der Waals surface area contributed by atoms with E-state index in [4.69, 9.17) is 5.73 Å². The van der Waals surface area contributed by atoms with E-state index in [-0.39, 0.29) is 0 Å². The third-order valence-electron chi connectivity index (χ3n) is 3.00. The van der Waals surface area contributed by atoms with Gasteiger partial charge in [0.25, 0.3) is 0 Å². The van der Waals surface area contributed by atoms with Gasteiger partial charge in [-0.15, -0.1) is 0 Å². The SMILES string of the molecule is C=C/C1=C(\C=NC)CCCc2cnc(N)cc2N1. The summed E-state index contributed by atoms with van der Waals surface area (Å²) in [5.41, 5.74) is 10.1. The van der Waals surface area contributed by atoms with Crippen molar-refractivity contribution in [1.82, 2.24) is 4.98 Å². The number of hydrogen-bond donors (Lipinski definition) is 2. The number of nitrogen functional groups attached to an aromatic ring is 1. The molecule has 0 atom stereocenters. The number of nitrogens with two attached hydrogens (primary N) is 1. The first-order chi connectivity index (χ1) is 8.74. The number of anilines is 2. The zero-order valence-corrected chi connectivity index (χ0v) is 10.6. The van der Waals surface area contributed by atoms with Crippen molar-refractivity contribution >= 4 is 17.7 Å². The van der Waals surface area contributed by atoms with Crippen LogP contribution in [-0.2, 0) is 6.42 Å². The maximum absolute atomic E-state index is 5.73. The number of aliphatic imine (C=N–C) groups is 1. The average Bonchev–Trinajstić information content (AvgIpc) is 2.35. The van der Waals surface area contributed by atoms with Crippen molar-refractivity contribution in [3.8, 4) is 0 Å². The second kappa shape index (κ2) is 5.49. The van der Waals surface area contributed by atoms with E-state index in [1.807, 2.05) is 24.6 Å². The summed E-state index contributed by atoms with van der Waals surface area (Å²) in [4.78, 5) is 8.24. The van der Waals surface area contributed by atoms with Crippen LogP contribution >= 0.6 is 0 Å². The Balaban J connectivity index is 2.44. The Labute approximate surface area is 107 Å². The topological polar surface area (TPSA) is 63.3 Å². The number of allylic oxidation sites excluding steroid dienone is 2. The number of fused-ring (bicyclic) bond motifs is 1. The van der Waals surface area contributed by atoms with E-state index in [9.17, 15) is 0 Å². The number of rotatable bonds is 2. The lowest BCUT2D eigenvalue weighted by Gasteiger charge is -2.18. The number of nitrogens with one attached hydrogen (secondary N) is 1. The summed E-state index contributed by atoms with van der Waals surface area (Å²) in [5, 5.41) is 3.38. The molecule has 0 bridgehead atoms. The lowest BCUT2D eigenvalue weighted by Crippen LogP contribution is -2.09. The van der Waals surface area contributed by atoms with E-state index in [0.717, 1.165) is 30.6 Å². The molecule has 0 spiro atoms. The minimum Gasteiger partial charge on any atom is -0.384 e. The van der Waals surface area contributed by atoms with E-state index < -0.39 is 0 Å². The number of aromatic nitrogens is 1. The molecule has 1 aromatic rings. The molecule has 0 unspecified atom stereocenters. The number of nitrogens with zero attached hydrogens (tertiary/aromatic N) is 2. The molecular formula is C14H18N4. The molecule has 0 aliphatic carbocycles. The molecular weight excluding hydrogens is 224 g/mol. The van der Waals surface area contributed by atoms with Gasteiger partial charge in [0.15, 0.2) is 0 Å². The van der Waals surface area contributed by atoms with Crippen molar-refractivity contribution in [1.29, 1.82) is 0 Å². The third kappa shape index (κ3) is 2.59. The van der Waals surface area contributed by atoms with Gasteiger partial charge in [0, 0.05) is 36.9 Å². The van der Waals surface area contributed by atoms with Crippen LogP contribution in [0.2, 0.25) is 0 Å². The fraction of sp³-hybridized carbons (Fsp3) is 0.286. The normalized spacial score (nSPS) is 19.8. The van der Waals surface area contributed by atoms with Crippen LogP contribution in [0.1, 0.15) is 18.4 Å². The van der Waals surface area contributed by atoms with Crippen LogP contribution in [0.4, 0.5) is 11.5 Å². The van der Waals surface area contributed by atoms with Gasteiger partial charge < -0.3 is 11.1 Å². The van der Waals surface area contributed by atoms with E-state index >= 15 is 0 Å². The molecule has 0 aromatic carbocycles. The molecule has 4 nitrogen and oxygen atoms in total. The van der Waals surface area contributed by atoms with E-state index in [1.54, 1.807) is 7.05 Å². The minimum atomic E-state index is 0.524. The standard InChI is InChI=1S/C14H18N4/c1-3-12-10(8-16-2)5-4-6-11-9-17-14(15)7-13(11)18-12/h3,7-9,18H,1,4-6H2,2H3,(H2,15,17)/b12-10+,16-8?. The predicted octanol–water partition coefficient (Wildman–Crippen LogP) is 2.55. The molecule has 0 saturated heterocycles. The van der Waals surface area contributed by atoms with Crippen LogP contribution in [0, 0.1) is 0 Å². The van der Waals surface area contributed by atoms with Crippen LogP contribution in [0.3, 0.4) is 0 Å². The Morgan fingerprint density at radius 2 is 2.33 bits per heavy atom. The molecule has 2 heterocycles. The zero-order valence-electron chi connectivity index (χ0n) is 10.6. The molecule has 0 amide bonds. The summed E-state index contributed by atoms with van der Waals surface area (Å²) in [6.45, 7) is 3.86. The van der Waals surface area contributed by atoms with Crippen LogP contribution in [0.15, 0.2) is 41.2 Å². The highest BCUT2D eigenvalue weighted by Crippen LogP contribution is 2.26. The molecule has 0 saturated carbocycles. The van der Waals surface area contributed by atoms with Gasteiger partial charge in [0.1, 0.15) is 5.82 Å². The van der Waals surface area contributed by atoms with Gasteiger partial charge in [-0.25, -0.2) is 4.98 Å². The molecule has 0 fully saturated rings. The minimum absolute atomic E-state index is 0.524. The van der Waals surface area contributed by atoms with Crippen LogP contribution in [0.5, 0.6) is 0 Å². The Kier molecular flexibility index (Phi) is 3.77. The zero-order chi connectivity index (χ0) is 13.0. The second-order valence-electron chi connectivity index (χ2n) is 4.28. The molecule has 94 valence electrons. The van der Waals surface area contributed by atoms with Gasteiger partial charge in [-0.2, -0.15) is 0 Å². The summed E-state index contributed by atoms with van der Waals surface area (Å²) in [7, 11) is 1.78. The van der Waals surface area contributed by atoms with Crippen LogP contribution in [0.25, 0.3) is 0 Å². The van der Waals surface area contributed by atoms with E-state index in [2.05, 4.69) is 21.9 Å². The average molecular weight is 242 g/mol. The van der Waals surface area contributed by atoms with Gasteiger partial charge in [-0.1, -0.05) is 6.58 Å². The Morgan fingerprint density at radius 3 is 3.06 bits per heavy atom. The first-order valence-corrected chi connectivity index (χ1v) is 6.03. The number of aryl methyl sites for hydroxylation is 1. The number of hydrogen-bond acceptors (Lipinski definition) is 4. The van der Waals surface area contributed by atoms with Crippen molar-refractivity contribution in [3.05, 3.63) is 41.8 Å². The van der Waals surface area contributed by atoms with Crippen molar-refractivity contribution in [2.24, 2.45) is 4.99 Å². The lowest BCUT2D eigenvalue weighted by atomic mass is 10.00. The monoisotopic (exact) mass is 242 g/mol. The van der Waals surface area contributed by atoms with Gasteiger partial charge in [-0.3, -0.25) is 4.99 Å². The van der Waals surface area contributed by atoms with Crippen molar-refractivity contribution in [3.63, 3.8) is 0 Å². The number of pyridine rings is 1. The fourth-order valence-electron chi connectivity index (χ4n) is 2.12. The lowest BCUT2D eigenvalue weighted by molar-refractivity contribution is 0.818. The van der Waals surface area contributed by atoms with Gasteiger partial charge >= 0.3 is 0 Å². The summed E-state index contributed by atoms with van der Waals surface area (Å²) < 4.78 is 0. The van der Waals surface area contributed by atoms with Gasteiger partial charge in [0.05, 0.1) is 0 Å². The van der Waals surface area contributed by atoms with E-state index in [0.29, 0.717) is 5.82 Å². The van der Waals surface area contributed by atoms with Crippen LogP contribution in [-0.4, -0.2) is 18.2 Å². The molecule has 2 rings (SSSR count). The molecule has 1 aromatic heterocycles. The fourth-order valence-corrected chi connectivity index (χ4v) is 2.12. The van der Waals surface area contributed by atoms with E-state index in [1.165, 1.54) is 11.1 Å². The Morgan fingerprint density at radius 1 is 1.50 bits per heavy atom. The first-order valence-electron chi connectivity index (χ1n) is 6.03. The van der Waals surface area contributed by atoms with Gasteiger partial charge in [-0.05, 0) is 36.5 Å². The maximum atomic E-state index is 5.73. The molecule has 1 aliphatic rings. The highest BCUT2D eigenvalue weighted by atomic mass is 14.9. The molecule has 1 aliphatic heterocycles. The predicted molar refractivity (Wildman–Crippen MR) is 76.8 cm³/mol. The first kappa shape index (κ1) is 12.4. The van der Waals surface area contributed by atoms with Crippen molar-refractivity contribution < 1.29 is 0 Å². The van der Waals surface area contributed by atoms with Crippen molar-refractivity contribution in [2.45, 2.75) is 19.3 Å². The summed E-state index contributed by atoms with van der Waals surface area (Å²) in [5.74, 6) is 0.524. The highest BCUT2D eigenvalue weighted by Gasteiger charge is 2.11. The third-order valence-corrected chi connectivity index (χ3v) is 3.00. The summed E-state index contributed by atoms with van der Waals surface area (Å²) in [6, 6.07) is 1.87.